The van der Waals surface area contributed by atoms with Gasteiger partial charge in [0.25, 0.3) is 0 Å². The highest BCUT2D eigenvalue weighted by atomic mass is 32.1. The molecule has 0 atom stereocenters. The van der Waals surface area contributed by atoms with Crippen molar-refractivity contribution >= 4 is 11.3 Å². The second kappa shape index (κ2) is 5.52. The van der Waals surface area contributed by atoms with Crippen LogP contribution < -0.4 is 0 Å². The van der Waals surface area contributed by atoms with E-state index in [9.17, 15) is 0 Å². The number of rotatable bonds is 2. The van der Waals surface area contributed by atoms with Crippen LogP contribution in [-0.4, -0.2) is 0 Å². The molecule has 0 spiro atoms. The first kappa shape index (κ1) is 11.7. The lowest BCUT2D eigenvalue weighted by Gasteiger charge is -2.03. The molecule has 84 valence electrons. The smallest absolute Gasteiger partial charge is 0.0772 e. The summed E-state index contributed by atoms with van der Waals surface area (Å²) < 4.78 is 0. The molecule has 0 fully saturated rings. The van der Waals surface area contributed by atoms with Crippen LogP contribution in [0.1, 0.15) is 22.9 Å². The van der Waals surface area contributed by atoms with Gasteiger partial charge in [-0.05, 0) is 36.4 Å². The molecule has 17 heavy (non-hydrogen) atoms. The lowest BCUT2D eigenvalue weighted by atomic mass is 10.0. The Kier molecular flexibility index (Phi) is 3.80. The normalized spacial score (nSPS) is 9.47. The molecule has 1 heteroatoms. The fraction of sp³-hybridized carbons (Fsp3) is 0.125. The molecule has 0 saturated heterocycles. The van der Waals surface area contributed by atoms with Crippen molar-refractivity contribution in [2.24, 2.45) is 0 Å². The minimum Gasteiger partial charge on any atom is -0.135 e. The van der Waals surface area contributed by atoms with E-state index in [0.29, 0.717) is 0 Å². The Balaban J connectivity index is 2.29. The summed E-state index contributed by atoms with van der Waals surface area (Å²) in [5, 5.41) is 2.05. The second-order valence-corrected chi connectivity index (χ2v) is 4.97. The molecule has 0 N–H and O–H groups in total. The maximum absolute atomic E-state index is 3.96. The van der Waals surface area contributed by atoms with Gasteiger partial charge in [0, 0.05) is 5.56 Å². The van der Waals surface area contributed by atoms with E-state index in [4.69, 9.17) is 0 Å². The van der Waals surface area contributed by atoms with Crippen LogP contribution in [-0.2, 0) is 6.42 Å². The fourth-order valence-corrected chi connectivity index (χ4v) is 2.17. The van der Waals surface area contributed by atoms with Gasteiger partial charge < -0.3 is 0 Å². The minimum atomic E-state index is 0.898. The molecule has 2 rings (SSSR count). The first-order valence-electron chi connectivity index (χ1n) is 5.53. The van der Waals surface area contributed by atoms with E-state index >= 15 is 0 Å². The van der Waals surface area contributed by atoms with Crippen molar-refractivity contribution in [2.75, 3.05) is 0 Å². The van der Waals surface area contributed by atoms with Gasteiger partial charge >= 0.3 is 0 Å². The third-order valence-electron chi connectivity index (χ3n) is 2.35. The summed E-state index contributed by atoms with van der Waals surface area (Å²) in [5.74, 6) is 6.43. The first-order chi connectivity index (χ1) is 8.25. The van der Waals surface area contributed by atoms with Crippen molar-refractivity contribution in [1.29, 1.82) is 0 Å². The van der Waals surface area contributed by atoms with E-state index in [-0.39, 0.29) is 0 Å². The lowest BCUT2D eigenvalue weighted by Crippen LogP contribution is -1.90. The van der Waals surface area contributed by atoms with Crippen LogP contribution >= 0.6 is 11.3 Å². The first-order valence-corrected chi connectivity index (χ1v) is 6.41. The standard InChI is InChI=1S/C16H14S/c1-13(2)12-15-7-4-3-6-14(15)9-10-16-8-5-11-17-16/h3-8,11H,1,12H2,2H3. The zero-order chi connectivity index (χ0) is 12.1. The summed E-state index contributed by atoms with van der Waals surface area (Å²) in [6.45, 7) is 6.00. The molecular formula is C16H14S. The highest BCUT2D eigenvalue weighted by molar-refractivity contribution is 7.10. The SMILES string of the molecule is C=C(C)Cc1ccccc1C#Cc1cccs1. The number of allylic oxidation sites excluding steroid dienone is 1. The Morgan fingerprint density at radius 3 is 2.71 bits per heavy atom. The predicted octanol–water partition coefficient (Wildman–Crippen LogP) is 4.27. The average molecular weight is 238 g/mol. The van der Waals surface area contributed by atoms with E-state index in [1.165, 1.54) is 5.56 Å². The highest BCUT2D eigenvalue weighted by Gasteiger charge is 1.98. The summed E-state index contributed by atoms with van der Waals surface area (Å²) in [4.78, 5) is 1.11. The van der Waals surface area contributed by atoms with Crippen molar-refractivity contribution in [2.45, 2.75) is 13.3 Å². The maximum Gasteiger partial charge on any atom is 0.0772 e. The van der Waals surface area contributed by atoms with Crippen molar-refractivity contribution < 1.29 is 0 Å². The fourth-order valence-electron chi connectivity index (χ4n) is 1.60. The van der Waals surface area contributed by atoms with Crippen LogP contribution in [0.4, 0.5) is 0 Å². The Hall–Kier alpha value is -1.78. The van der Waals surface area contributed by atoms with E-state index in [1.54, 1.807) is 11.3 Å². The largest absolute Gasteiger partial charge is 0.135 e. The average Bonchev–Trinajstić information content (AvgIpc) is 2.80. The van der Waals surface area contributed by atoms with Crippen molar-refractivity contribution in [3.8, 4) is 11.8 Å². The van der Waals surface area contributed by atoms with Gasteiger partial charge in [-0.25, -0.2) is 0 Å². The maximum atomic E-state index is 3.96. The molecular weight excluding hydrogens is 224 g/mol. The monoisotopic (exact) mass is 238 g/mol. The number of benzene rings is 1. The van der Waals surface area contributed by atoms with Gasteiger partial charge in [0.15, 0.2) is 0 Å². The molecule has 0 aliphatic carbocycles. The molecule has 0 nitrogen and oxygen atoms in total. The Labute approximate surface area is 107 Å². The number of thiophene rings is 1. The Morgan fingerprint density at radius 2 is 2.00 bits per heavy atom. The molecule has 0 aliphatic rings. The molecule has 0 aliphatic heterocycles. The molecule has 0 amide bonds. The molecule has 2 aromatic rings. The van der Waals surface area contributed by atoms with Crippen LogP contribution in [0.15, 0.2) is 53.9 Å². The molecule has 0 unspecified atom stereocenters. The van der Waals surface area contributed by atoms with Crippen LogP contribution in [0.25, 0.3) is 0 Å². The summed E-state index contributed by atoms with van der Waals surface area (Å²) in [7, 11) is 0. The zero-order valence-corrected chi connectivity index (χ0v) is 10.7. The predicted molar refractivity (Wildman–Crippen MR) is 75.3 cm³/mol. The van der Waals surface area contributed by atoms with Crippen LogP contribution in [0.5, 0.6) is 0 Å². The molecule has 0 bridgehead atoms. The van der Waals surface area contributed by atoms with Gasteiger partial charge in [-0.3, -0.25) is 0 Å². The van der Waals surface area contributed by atoms with Crippen molar-refractivity contribution in [3.05, 3.63) is 69.9 Å². The minimum absolute atomic E-state index is 0.898. The summed E-state index contributed by atoms with van der Waals surface area (Å²) in [5.41, 5.74) is 3.52. The molecule has 1 aromatic carbocycles. The van der Waals surface area contributed by atoms with E-state index in [0.717, 1.165) is 22.4 Å². The summed E-state index contributed by atoms with van der Waals surface area (Å²) >= 11 is 1.67. The van der Waals surface area contributed by atoms with Gasteiger partial charge in [-0.15, -0.1) is 11.3 Å². The second-order valence-electron chi connectivity index (χ2n) is 4.02. The van der Waals surface area contributed by atoms with E-state index < -0.39 is 0 Å². The van der Waals surface area contributed by atoms with Crippen LogP contribution in [0, 0.1) is 11.8 Å². The highest BCUT2D eigenvalue weighted by Crippen LogP contribution is 2.12. The van der Waals surface area contributed by atoms with Gasteiger partial charge in [0.1, 0.15) is 0 Å². The topological polar surface area (TPSA) is 0 Å². The third kappa shape index (κ3) is 3.34. The molecule has 1 aromatic heterocycles. The Bertz CT molecular complexity index is 565. The zero-order valence-electron chi connectivity index (χ0n) is 9.86. The van der Waals surface area contributed by atoms with Gasteiger partial charge in [0.05, 0.1) is 4.88 Å². The van der Waals surface area contributed by atoms with Crippen molar-refractivity contribution in [3.63, 3.8) is 0 Å². The quantitative estimate of drug-likeness (QED) is 0.541. The number of hydrogen-bond donors (Lipinski definition) is 0. The van der Waals surface area contributed by atoms with E-state index in [1.807, 2.05) is 30.5 Å². The lowest BCUT2D eigenvalue weighted by molar-refractivity contribution is 1.15. The van der Waals surface area contributed by atoms with Gasteiger partial charge in [-0.2, -0.15) is 0 Å². The van der Waals surface area contributed by atoms with Crippen LogP contribution in [0.3, 0.4) is 0 Å². The van der Waals surface area contributed by atoms with Crippen LogP contribution in [0.2, 0.25) is 0 Å². The van der Waals surface area contributed by atoms with Gasteiger partial charge in [-0.1, -0.05) is 48.3 Å². The molecule has 1 heterocycles. The molecule has 0 radical (unpaired) electrons. The summed E-state index contributed by atoms with van der Waals surface area (Å²) in [6, 6.07) is 12.3. The Morgan fingerprint density at radius 1 is 1.18 bits per heavy atom. The van der Waals surface area contributed by atoms with Crippen molar-refractivity contribution in [1.82, 2.24) is 0 Å². The van der Waals surface area contributed by atoms with Gasteiger partial charge in [0.2, 0.25) is 0 Å². The van der Waals surface area contributed by atoms with E-state index in [2.05, 4.69) is 36.6 Å². The third-order valence-corrected chi connectivity index (χ3v) is 3.14. The summed E-state index contributed by atoms with van der Waals surface area (Å²) in [6.07, 6.45) is 0.898. The number of hydrogen-bond acceptors (Lipinski definition) is 1. The molecule has 0 saturated carbocycles.